The highest BCUT2D eigenvalue weighted by atomic mass is 32.2. The van der Waals surface area contributed by atoms with Gasteiger partial charge in [0.2, 0.25) is 5.91 Å². The van der Waals surface area contributed by atoms with E-state index in [-0.39, 0.29) is 11.3 Å². The van der Waals surface area contributed by atoms with Crippen LogP contribution in [0.25, 0.3) is 0 Å². The number of rotatable bonds is 3. The second-order valence-electron chi connectivity index (χ2n) is 4.82. The zero-order valence-corrected chi connectivity index (χ0v) is 12.2. The van der Waals surface area contributed by atoms with E-state index in [0.717, 1.165) is 11.3 Å². The van der Waals surface area contributed by atoms with Crippen LogP contribution in [0, 0.1) is 11.3 Å². The molecule has 0 N–H and O–H groups in total. The number of nitriles is 1. The van der Waals surface area contributed by atoms with Crippen molar-refractivity contribution in [1.82, 2.24) is 19.9 Å². The SMILES string of the molecule is CN1C(=O)CSC1c1cn(Cc2cccc(C#N)c2)nn1. The standard InChI is InChI=1S/C14H13N5OS/c1-18-13(20)9-21-14(18)12-8-19(17-16-12)7-11-4-2-3-10(5-11)6-15/h2-5,8,14H,7,9H2,1H3. The van der Waals surface area contributed by atoms with Crippen molar-refractivity contribution >= 4 is 17.7 Å². The van der Waals surface area contributed by atoms with Gasteiger partial charge in [0, 0.05) is 7.05 Å². The van der Waals surface area contributed by atoms with Gasteiger partial charge in [0.15, 0.2) is 0 Å². The molecule has 0 aliphatic carbocycles. The van der Waals surface area contributed by atoms with Crippen LogP contribution in [-0.2, 0) is 11.3 Å². The first-order chi connectivity index (χ1) is 10.2. The van der Waals surface area contributed by atoms with Gasteiger partial charge in [0.1, 0.15) is 11.1 Å². The third-order valence-electron chi connectivity index (χ3n) is 3.32. The lowest BCUT2D eigenvalue weighted by molar-refractivity contribution is -0.126. The van der Waals surface area contributed by atoms with Crippen molar-refractivity contribution in [3.63, 3.8) is 0 Å². The van der Waals surface area contributed by atoms with E-state index in [1.807, 2.05) is 24.4 Å². The highest BCUT2D eigenvalue weighted by Gasteiger charge is 2.31. The summed E-state index contributed by atoms with van der Waals surface area (Å²) in [6.07, 6.45) is 1.85. The molecule has 1 amide bonds. The Morgan fingerprint density at radius 3 is 3.10 bits per heavy atom. The first kappa shape index (κ1) is 13.6. The smallest absolute Gasteiger partial charge is 0.233 e. The minimum atomic E-state index is -0.0586. The molecule has 0 spiro atoms. The van der Waals surface area contributed by atoms with E-state index in [1.54, 1.807) is 34.5 Å². The summed E-state index contributed by atoms with van der Waals surface area (Å²) in [7, 11) is 1.78. The van der Waals surface area contributed by atoms with E-state index < -0.39 is 0 Å². The molecule has 1 atom stereocenters. The van der Waals surface area contributed by atoms with Crippen LogP contribution in [0.2, 0.25) is 0 Å². The van der Waals surface area contributed by atoms with Crippen LogP contribution in [0.3, 0.4) is 0 Å². The zero-order valence-electron chi connectivity index (χ0n) is 11.4. The Bertz CT molecular complexity index is 720. The second kappa shape index (κ2) is 5.58. The number of carbonyl (C=O) groups is 1. The molecule has 0 radical (unpaired) electrons. The number of carbonyl (C=O) groups excluding carboxylic acids is 1. The predicted octanol–water partition coefficient (Wildman–Crippen LogP) is 1.40. The van der Waals surface area contributed by atoms with Gasteiger partial charge in [-0.1, -0.05) is 17.3 Å². The lowest BCUT2D eigenvalue weighted by atomic mass is 10.1. The summed E-state index contributed by atoms with van der Waals surface area (Å²) in [5.41, 5.74) is 2.41. The molecule has 106 valence electrons. The van der Waals surface area contributed by atoms with Crippen LogP contribution in [0.4, 0.5) is 0 Å². The summed E-state index contributed by atoms with van der Waals surface area (Å²) in [5.74, 6) is 0.597. The lowest BCUT2D eigenvalue weighted by Crippen LogP contribution is -2.23. The van der Waals surface area contributed by atoms with Crippen molar-refractivity contribution in [3.8, 4) is 6.07 Å². The maximum Gasteiger partial charge on any atom is 0.233 e. The summed E-state index contributed by atoms with van der Waals surface area (Å²) in [5, 5.41) is 17.1. The van der Waals surface area contributed by atoms with Gasteiger partial charge < -0.3 is 4.90 Å². The fourth-order valence-electron chi connectivity index (χ4n) is 2.21. The van der Waals surface area contributed by atoms with Crippen LogP contribution >= 0.6 is 11.8 Å². The lowest BCUT2D eigenvalue weighted by Gasteiger charge is -2.15. The molecule has 2 aromatic rings. The topological polar surface area (TPSA) is 74.8 Å². The Hall–Kier alpha value is -2.33. The van der Waals surface area contributed by atoms with Crippen molar-refractivity contribution in [2.75, 3.05) is 12.8 Å². The van der Waals surface area contributed by atoms with Gasteiger partial charge in [-0.15, -0.1) is 16.9 Å². The number of hydrogen-bond donors (Lipinski definition) is 0. The first-order valence-corrected chi connectivity index (χ1v) is 7.48. The van der Waals surface area contributed by atoms with Crippen molar-refractivity contribution in [2.24, 2.45) is 0 Å². The van der Waals surface area contributed by atoms with Crippen LogP contribution < -0.4 is 0 Å². The van der Waals surface area contributed by atoms with Crippen molar-refractivity contribution in [1.29, 1.82) is 5.26 Å². The zero-order chi connectivity index (χ0) is 14.8. The van der Waals surface area contributed by atoms with Gasteiger partial charge in [0.25, 0.3) is 0 Å². The molecule has 1 aliphatic rings. The highest BCUT2D eigenvalue weighted by molar-refractivity contribution is 8.00. The number of amides is 1. The van der Waals surface area contributed by atoms with Gasteiger partial charge in [-0.25, -0.2) is 4.68 Å². The summed E-state index contributed by atoms with van der Waals surface area (Å²) in [6, 6.07) is 9.52. The fourth-order valence-corrected chi connectivity index (χ4v) is 3.33. The van der Waals surface area contributed by atoms with Gasteiger partial charge in [-0.3, -0.25) is 4.79 Å². The van der Waals surface area contributed by atoms with E-state index in [9.17, 15) is 4.79 Å². The quantitative estimate of drug-likeness (QED) is 0.856. The summed E-state index contributed by atoms with van der Waals surface area (Å²) in [6.45, 7) is 0.553. The molecule has 6 nitrogen and oxygen atoms in total. The van der Waals surface area contributed by atoms with Gasteiger partial charge in [-0.05, 0) is 17.7 Å². The van der Waals surface area contributed by atoms with E-state index in [4.69, 9.17) is 5.26 Å². The van der Waals surface area contributed by atoms with E-state index >= 15 is 0 Å². The van der Waals surface area contributed by atoms with Crippen LogP contribution in [0.1, 0.15) is 22.2 Å². The maximum atomic E-state index is 11.5. The summed E-state index contributed by atoms with van der Waals surface area (Å²) < 4.78 is 1.73. The van der Waals surface area contributed by atoms with E-state index in [2.05, 4.69) is 16.4 Å². The number of thioether (sulfide) groups is 1. The van der Waals surface area contributed by atoms with Crippen molar-refractivity contribution in [3.05, 3.63) is 47.3 Å². The van der Waals surface area contributed by atoms with E-state index in [1.165, 1.54) is 0 Å². The third-order valence-corrected chi connectivity index (χ3v) is 4.61. The largest absolute Gasteiger partial charge is 0.327 e. The average molecular weight is 299 g/mol. The average Bonchev–Trinajstić information content (AvgIpc) is 3.07. The number of benzene rings is 1. The molecule has 1 aliphatic heterocycles. The number of nitrogens with zero attached hydrogens (tertiary/aromatic N) is 5. The third kappa shape index (κ3) is 2.76. The fraction of sp³-hybridized carbons (Fsp3) is 0.286. The molecular formula is C14H13N5OS. The summed E-state index contributed by atoms with van der Waals surface area (Å²) >= 11 is 1.55. The summed E-state index contributed by atoms with van der Waals surface area (Å²) in [4.78, 5) is 13.2. The Morgan fingerprint density at radius 1 is 1.52 bits per heavy atom. The van der Waals surface area contributed by atoms with Gasteiger partial charge in [-0.2, -0.15) is 5.26 Å². The molecule has 21 heavy (non-hydrogen) atoms. The normalized spacial score (nSPS) is 18.0. The molecular weight excluding hydrogens is 286 g/mol. The molecule has 1 aromatic heterocycles. The molecule has 0 bridgehead atoms. The second-order valence-corrected chi connectivity index (χ2v) is 5.89. The molecule has 0 saturated carbocycles. The van der Waals surface area contributed by atoms with E-state index in [0.29, 0.717) is 17.9 Å². The molecule has 1 saturated heterocycles. The van der Waals surface area contributed by atoms with Crippen LogP contribution in [0.15, 0.2) is 30.5 Å². The molecule has 1 aromatic carbocycles. The van der Waals surface area contributed by atoms with Crippen molar-refractivity contribution < 1.29 is 4.79 Å². The Kier molecular flexibility index (Phi) is 3.62. The molecule has 1 unspecified atom stereocenters. The molecule has 3 rings (SSSR count). The van der Waals surface area contributed by atoms with Gasteiger partial charge >= 0.3 is 0 Å². The molecule has 1 fully saturated rings. The molecule has 2 heterocycles. The maximum absolute atomic E-state index is 11.5. The monoisotopic (exact) mass is 299 g/mol. The number of aromatic nitrogens is 3. The van der Waals surface area contributed by atoms with Crippen LogP contribution in [-0.4, -0.2) is 38.6 Å². The minimum absolute atomic E-state index is 0.0586. The highest BCUT2D eigenvalue weighted by Crippen LogP contribution is 2.35. The Balaban J connectivity index is 1.76. The predicted molar refractivity (Wildman–Crippen MR) is 78.3 cm³/mol. The Morgan fingerprint density at radius 2 is 2.38 bits per heavy atom. The Labute approximate surface area is 126 Å². The minimum Gasteiger partial charge on any atom is -0.327 e. The van der Waals surface area contributed by atoms with Crippen LogP contribution in [0.5, 0.6) is 0 Å². The molecule has 7 heteroatoms. The number of hydrogen-bond acceptors (Lipinski definition) is 5. The van der Waals surface area contributed by atoms with Crippen molar-refractivity contribution in [2.45, 2.75) is 11.9 Å². The first-order valence-electron chi connectivity index (χ1n) is 6.43. The van der Waals surface area contributed by atoms with Gasteiger partial charge in [0.05, 0.1) is 30.1 Å².